The molecule has 5 heteroatoms. The zero-order valence-corrected chi connectivity index (χ0v) is 11.4. The minimum absolute atomic E-state index is 0.644. The van der Waals surface area contributed by atoms with Crippen LogP contribution in [0, 0.1) is 6.92 Å². The zero-order valence-electron chi connectivity index (χ0n) is 9.77. The fraction of sp³-hybridized carbons (Fsp3) is 0.250. The fourth-order valence-electron chi connectivity index (χ4n) is 1.73. The number of furan rings is 1. The second-order valence-corrected chi connectivity index (χ2v) is 4.78. The minimum atomic E-state index is 0.644. The first-order valence-corrected chi connectivity index (χ1v) is 6.02. The average molecular weight is 296 g/mol. The first kappa shape index (κ1) is 12.0. The molecule has 0 saturated carbocycles. The van der Waals surface area contributed by atoms with Gasteiger partial charge in [-0.3, -0.25) is 4.98 Å². The van der Waals surface area contributed by atoms with E-state index in [1.54, 1.807) is 12.4 Å². The molecule has 2 N–H and O–H groups in total. The Labute approximate surface area is 109 Å². The molecule has 0 fully saturated rings. The molecule has 0 spiro atoms. The van der Waals surface area contributed by atoms with Crippen LogP contribution in [0.2, 0.25) is 0 Å². The van der Waals surface area contributed by atoms with Gasteiger partial charge in [-0.25, -0.2) is 0 Å². The number of nitrogens with two attached hydrogens (primary N) is 1. The van der Waals surface area contributed by atoms with E-state index in [0.29, 0.717) is 12.2 Å². The third-order valence-corrected chi connectivity index (χ3v) is 3.05. The maximum Gasteiger partial charge on any atom is 0.123 e. The van der Waals surface area contributed by atoms with E-state index in [-0.39, 0.29) is 0 Å². The second kappa shape index (κ2) is 4.79. The lowest BCUT2D eigenvalue weighted by Gasteiger charge is -2.20. The standard InChI is InChI=1S/C12H14BrN3O/c1-8-3-4-9(17-8)7-16(2)12-10(13)5-15-6-11(12)14/h3-6H,7,14H2,1-2H3. The Morgan fingerprint density at radius 1 is 1.41 bits per heavy atom. The van der Waals surface area contributed by atoms with Gasteiger partial charge in [0.15, 0.2) is 0 Å². The van der Waals surface area contributed by atoms with Crippen LogP contribution in [0.3, 0.4) is 0 Å². The van der Waals surface area contributed by atoms with E-state index in [4.69, 9.17) is 10.2 Å². The number of anilines is 2. The Hall–Kier alpha value is -1.49. The summed E-state index contributed by atoms with van der Waals surface area (Å²) in [6.07, 6.45) is 3.37. The van der Waals surface area contributed by atoms with E-state index in [1.807, 2.05) is 31.0 Å². The van der Waals surface area contributed by atoms with Crippen LogP contribution in [-0.4, -0.2) is 12.0 Å². The van der Waals surface area contributed by atoms with Crippen molar-refractivity contribution in [1.82, 2.24) is 4.98 Å². The highest BCUT2D eigenvalue weighted by Crippen LogP contribution is 2.31. The van der Waals surface area contributed by atoms with Gasteiger partial charge in [-0.1, -0.05) is 0 Å². The molecule has 0 amide bonds. The lowest BCUT2D eigenvalue weighted by atomic mass is 10.3. The SMILES string of the molecule is Cc1ccc(CN(C)c2c(N)cncc2Br)o1. The van der Waals surface area contributed by atoms with Crippen molar-refractivity contribution in [1.29, 1.82) is 0 Å². The van der Waals surface area contributed by atoms with Crippen molar-refractivity contribution in [2.24, 2.45) is 0 Å². The molecule has 0 aliphatic rings. The first-order valence-electron chi connectivity index (χ1n) is 5.23. The molecule has 2 heterocycles. The largest absolute Gasteiger partial charge is 0.464 e. The number of aromatic nitrogens is 1. The highest BCUT2D eigenvalue weighted by Gasteiger charge is 2.11. The number of halogens is 1. The summed E-state index contributed by atoms with van der Waals surface area (Å²) in [5.74, 6) is 1.82. The van der Waals surface area contributed by atoms with E-state index in [2.05, 4.69) is 20.9 Å². The van der Waals surface area contributed by atoms with Crippen LogP contribution >= 0.6 is 15.9 Å². The molecule has 0 aliphatic heterocycles. The van der Waals surface area contributed by atoms with E-state index in [9.17, 15) is 0 Å². The van der Waals surface area contributed by atoms with Crippen molar-refractivity contribution in [3.8, 4) is 0 Å². The lowest BCUT2D eigenvalue weighted by molar-refractivity contribution is 0.482. The number of pyridine rings is 1. The molecule has 90 valence electrons. The lowest BCUT2D eigenvalue weighted by Crippen LogP contribution is -2.18. The molecule has 0 radical (unpaired) electrons. The van der Waals surface area contributed by atoms with Gasteiger partial charge in [-0.05, 0) is 35.0 Å². The molecule has 0 bridgehead atoms. The van der Waals surface area contributed by atoms with Gasteiger partial charge in [0.1, 0.15) is 11.5 Å². The number of aryl methyl sites for hydroxylation is 1. The predicted octanol–water partition coefficient (Wildman–Crippen LogP) is 2.96. The van der Waals surface area contributed by atoms with Crippen molar-refractivity contribution in [2.75, 3.05) is 17.7 Å². The molecule has 17 heavy (non-hydrogen) atoms. The van der Waals surface area contributed by atoms with Gasteiger partial charge < -0.3 is 15.1 Å². The van der Waals surface area contributed by atoms with Gasteiger partial charge in [0.05, 0.1) is 28.6 Å². The Morgan fingerprint density at radius 3 is 2.76 bits per heavy atom. The molecule has 0 aliphatic carbocycles. The maximum absolute atomic E-state index is 5.92. The van der Waals surface area contributed by atoms with Crippen LogP contribution < -0.4 is 10.6 Å². The molecule has 2 aromatic rings. The molecular weight excluding hydrogens is 282 g/mol. The van der Waals surface area contributed by atoms with Crippen molar-refractivity contribution in [3.05, 3.63) is 40.5 Å². The van der Waals surface area contributed by atoms with Gasteiger partial charge in [0.25, 0.3) is 0 Å². The molecule has 4 nitrogen and oxygen atoms in total. The van der Waals surface area contributed by atoms with Gasteiger partial charge in [-0.2, -0.15) is 0 Å². The average Bonchev–Trinajstić information content (AvgIpc) is 2.63. The number of nitrogen functional groups attached to an aromatic ring is 1. The normalized spacial score (nSPS) is 10.5. The van der Waals surface area contributed by atoms with E-state index in [1.165, 1.54) is 0 Å². The molecule has 0 saturated heterocycles. The maximum atomic E-state index is 5.92. The topological polar surface area (TPSA) is 55.3 Å². The summed E-state index contributed by atoms with van der Waals surface area (Å²) >= 11 is 3.45. The second-order valence-electron chi connectivity index (χ2n) is 3.93. The van der Waals surface area contributed by atoms with E-state index < -0.39 is 0 Å². The van der Waals surface area contributed by atoms with Crippen LogP contribution in [0.15, 0.2) is 33.4 Å². The zero-order chi connectivity index (χ0) is 12.4. The van der Waals surface area contributed by atoms with Crippen LogP contribution in [-0.2, 0) is 6.54 Å². The van der Waals surface area contributed by atoms with Gasteiger partial charge >= 0.3 is 0 Å². The monoisotopic (exact) mass is 295 g/mol. The Kier molecular flexibility index (Phi) is 3.38. The highest BCUT2D eigenvalue weighted by atomic mass is 79.9. The van der Waals surface area contributed by atoms with Gasteiger partial charge in [0, 0.05) is 13.2 Å². The Bertz CT molecular complexity index is 504. The third-order valence-electron chi connectivity index (χ3n) is 2.47. The molecule has 2 rings (SSSR count). The number of nitrogens with zero attached hydrogens (tertiary/aromatic N) is 2. The number of hydrogen-bond donors (Lipinski definition) is 1. The highest BCUT2D eigenvalue weighted by molar-refractivity contribution is 9.10. The summed E-state index contributed by atoms with van der Waals surface area (Å²) in [5, 5.41) is 0. The van der Waals surface area contributed by atoms with Crippen molar-refractivity contribution >= 4 is 27.3 Å². The van der Waals surface area contributed by atoms with Crippen LogP contribution in [0.1, 0.15) is 11.5 Å². The number of rotatable bonds is 3. The van der Waals surface area contributed by atoms with Crippen molar-refractivity contribution in [3.63, 3.8) is 0 Å². The van der Waals surface area contributed by atoms with Gasteiger partial charge in [-0.15, -0.1) is 0 Å². The third kappa shape index (κ3) is 2.61. The minimum Gasteiger partial charge on any atom is -0.464 e. The summed E-state index contributed by atoms with van der Waals surface area (Å²) in [7, 11) is 1.97. The summed E-state index contributed by atoms with van der Waals surface area (Å²) in [6, 6.07) is 3.92. The molecule has 0 unspecified atom stereocenters. The van der Waals surface area contributed by atoms with E-state index in [0.717, 1.165) is 21.7 Å². The molecule has 2 aromatic heterocycles. The first-order chi connectivity index (χ1) is 8.08. The quantitative estimate of drug-likeness (QED) is 0.946. The fourth-order valence-corrected chi connectivity index (χ4v) is 2.38. The Morgan fingerprint density at radius 2 is 2.18 bits per heavy atom. The van der Waals surface area contributed by atoms with Crippen LogP contribution in [0.4, 0.5) is 11.4 Å². The van der Waals surface area contributed by atoms with Crippen LogP contribution in [0.5, 0.6) is 0 Å². The summed E-state index contributed by atoms with van der Waals surface area (Å²) < 4.78 is 6.42. The van der Waals surface area contributed by atoms with Gasteiger partial charge in [0.2, 0.25) is 0 Å². The number of hydrogen-bond acceptors (Lipinski definition) is 4. The summed E-state index contributed by atoms with van der Waals surface area (Å²) in [4.78, 5) is 6.04. The summed E-state index contributed by atoms with van der Waals surface area (Å²) in [5.41, 5.74) is 7.49. The Balaban J connectivity index is 2.22. The smallest absolute Gasteiger partial charge is 0.123 e. The molecular formula is C12H14BrN3O. The van der Waals surface area contributed by atoms with Crippen molar-refractivity contribution < 1.29 is 4.42 Å². The van der Waals surface area contributed by atoms with Crippen molar-refractivity contribution in [2.45, 2.75) is 13.5 Å². The molecule has 0 aromatic carbocycles. The van der Waals surface area contributed by atoms with Crippen LogP contribution in [0.25, 0.3) is 0 Å². The van der Waals surface area contributed by atoms with E-state index >= 15 is 0 Å². The predicted molar refractivity (Wildman–Crippen MR) is 71.9 cm³/mol. The summed E-state index contributed by atoms with van der Waals surface area (Å²) in [6.45, 7) is 2.60. The molecule has 0 atom stereocenters.